The molecule has 0 radical (unpaired) electrons. The Kier molecular flexibility index (Phi) is 26.7. The third-order valence-corrected chi connectivity index (χ3v) is 1.50. The van der Waals surface area contributed by atoms with Crippen molar-refractivity contribution < 1.29 is 28.4 Å². The van der Waals surface area contributed by atoms with Gasteiger partial charge in [-0.15, -0.1) is 0 Å². The summed E-state index contributed by atoms with van der Waals surface area (Å²) in [6.45, 7) is 11.9. The molecule has 0 spiro atoms. The summed E-state index contributed by atoms with van der Waals surface area (Å²) in [5.74, 6) is 0. The van der Waals surface area contributed by atoms with Crippen molar-refractivity contribution in [3.63, 3.8) is 0 Å². The third kappa shape index (κ3) is 18.1. The molecule has 0 N–H and O–H groups in total. The molecule has 0 aromatic carbocycles. The van der Waals surface area contributed by atoms with E-state index in [9.17, 15) is 0 Å². The molecule has 80 valence electrons. The predicted octanol–water partition coefficient (Wildman–Crippen LogP) is -0.260. The second-order valence-corrected chi connectivity index (χ2v) is 2.63. The van der Waals surface area contributed by atoms with Crippen LogP contribution in [0, 0.1) is 13.8 Å². The van der Waals surface area contributed by atoms with Gasteiger partial charge in [-0.25, -0.2) is 0 Å². The number of hydrogen-bond acceptors (Lipinski definition) is 2. The Bertz CT molecular complexity index is 93.3. The molecule has 0 aliphatic heterocycles. The minimum Gasteiger partial charge on any atom is -0.542 e. The minimum atomic E-state index is 0. The summed E-state index contributed by atoms with van der Waals surface area (Å²) >= 11 is 0. The van der Waals surface area contributed by atoms with Crippen LogP contribution in [0.4, 0.5) is 0 Å². The van der Waals surface area contributed by atoms with Crippen LogP contribution in [-0.4, -0.2) is 19.0 Å². The molecule has 0 aliphatic rings. The molecule has 0 aliphatic carbocycles. The fourth-order valence-corrected chi connectivity index (χ4v) is 0.705. The number of hydrogen-bond donors (Lipinski definition) is 0. The topological polar surface area (TPSA) is 26.3 Å². The van der Waals surface area contributed by atoms with Gasteiger partial charge in [0.1, 0.15) is 0 Å². The summed E-state index contributed by atoms with van der Waals surface area (Å²) in [6, 6.07) is 0. The molecule has 2 nitrogen and oxygen atoms in total. The zero-order valence-electron chi connectivity index (χ0n) is 9.84. The van der Waals surface area contributed by atoms with Crippen molar-refractivity contribution in [2.45, 2.75) is 45.6 Å². The maximum absolute atomic E-state index is 8.68. The van der Waals surface area contributed by atoms with E-state index in [1.54, 1.807) is 0 Å². The molecular weight excluding hydrogens is 171 g/mol. The Balaban J connectivity index is -0.000000267. The Morgan fingerprint density at radius 2 is 1.79 bits per heavy atom. The predicted molar refractivity (Wildman–Crippen MR) is 56.0 cm³/mol. The first-order valence-corrected chi connectivity index (χ1v) is 4.75. The second kappa shape index (κ2) is 18.9. The van der Waals surface area contributed by atoms with Crippen LogP contribution >= 0.6 is 0 Å². The van der Waals surface area contributed by atoms with Crippen LogP contribution in [-0.2, 0) is 9.53 Å². The first-order valence-electron chi connectivity index (χ1n) is 4.75. The average molecular weight is 192 g/mol. The van der Waals surface area contributed by atoms with Crippen molar-refractivity contribution in [2.24, 2.45) is 0 Å². The van der Waals surface area contributed by atoms with Crippen molar-refractivity contribution in [2.75, 3.05) is 6.61 Å². The Morgan fingerprint density at radius 1 is 1.36 bits per heavy atom. The van der Waals surface area contributed by atoms with E-state index in [1.807, 2.05) is 0 Å². The summed E-state index contributed by atoms with van der Waals surface area (Å²) in [4.78, 5) is 8.68. The molecule has 3 heteroatoms. The van der Waals surface area contributed by atoms with Gasteiger partial charge in [-0.1, -0.05) is 13.3 Å². The molecular formula is C11H21LiO2-2. The fourth-order valence-electron chi connectivity index (χ4n) is 0.705. The standard InChI is InChI=1S/C9H18O.C2H3O.Li/c1-4-7-8-10-9(5-2)6-3;1-2-3;/h9H,2-8H2,1H3;1H3;/q-2;-1;+1. The van der Waals surface area contributed by atoms with Gasteiger partial charge in [0.2, 0.25) is 0 Å². The van der Waals surface area contributed by atoms with Crippen LogP contribution in [0.5, 0.6) is 0 Å². The molecule has 0 heterocycles. The molecule has 0 aromatic heterocycles. The summed E-state index contributed by atoms with van der Waals surface area (Å²) in [7, 11) is 0. The van der Waals surface area contributed by atoms with E-state index in [-0.39, 0.29) is 25.0 Å². The maximum atomic E-state index is 8.68. The molecule has 0 rings (SSSR count). The SMILES string of the molecule is C[C-]=O.[CH2-]CC(C[CH2-])OCCCC.[Li+]. The van der Waals surface area contributed by atoms with Crippen molar-refractivity contribution >= 4 is 6.29 Å². The van der Waals surface area contributed by atoms with E-state index in [2.05, 4.69) is 20.8 Å². The van der Waals surface area contributed by atoms with Crippen LogP contribution in [0.1, 0.15) is 39.5 Å². The molecule has 0 saturated heterocycles. The van der Waals surface area contributed by atoms with E-state index < -0.39 is 0 Å². The normalized spacial score (nSPS) is 8.64. The molecule has 0 amide bonds. The van der Waals surface area contributed by atoms with Crippen molar-refractivity contribution in [1.82, 2.24) is 0 Å². The minimum absolute atomic E-state index is 0. The van der Waals surface area contributed by atoms with Gasteiger partial charge in [0.25, 0.3) is 0 Å². The van der Waals surface area contributed by atoms with Crippen LogP contribution in [0.3, 0.4) is 0 Å². The Morgan fingerprint density at radius 3 is 2.07 bits per heavy atom. The molecule has 14 heavy (non-hydrogen) atoms. The zero-order chi connectivity index (χ0) is 10.5. The van der Waals surface area contributed by atoms with Gasteiger partial charge in [0.05, 0.1) is 0 Å². The molecule has 0 atom stereocenters. The van der Waals surface area contributed by atoms with Crippen LogP contribution < -0.4 is 18.9 Å². The largest absolute Gasteiger partial charge is 1.00 e. The summed E-state index contributed by atoms with van der Waals surface area (Å²) in [5, 5.41) is 0. The Hall–Kier alpha value is 0.227. The van der Waals surface area contributed by atoms with Gasteiger partial charge < -0.3 is 23.4 Å². The van der Waals surface area contributed by atoms with Gasteiger partial charge >= 0.3 is 18.9 Å². The van der Waals surface area contributed by atoms with Crippen LogP contribution in [0.2, 0.25) is 0 Å². The van der Waals surface area contributed by atoms with Crippen molar-refractivity contribution in [1.29, 1.82) is 0 Å². The maximum Gasteiger partial charge on any atom is 1.00 e. The van der Waals surface area contributed by atoms with E-state index in [0.29, 0.717) is 0 Å². The second-order valence-electron chi connectivity index (χ2n) is 2.63. The van der Waals surface area contributed by atoms with Crippen LogP contribution in [0.15, 0.2) is 0 Å². The number of rotatable bonds is 6. The quantitative estimate of drug-likeness (QED) is 0.329. The van der Waals surface area contributed by atoms with Crippen LogP contribution in [0.25, 0.3) is 0 Å². The van der Waals surface area contributed by atoms with Gasteiger partial charge in [-0.05, 0) is 6.42 Å². The van der Waals surface area contributed by atoms with E-state index >= 15 is 0 Å². The summed E-state index contributed by atoms with van der Waals surface area (Å²) < 4.78 is 5.46. The molecule has 0 bridgehead atoms. The van der Waals surface area contributed by atoms with Gasteiger partial charge in [0, 0.05) is 12.7 Å². The van der Waals surface area contributed by atoms with Gasteiger partial charge in [-0.3, -0.25) is 6.29 Å². The monoisotopic (exact) mass is 192 g/mol. The smallest absolute Gasteiger partial charge is 0.542 e. The van der Waals surface area contributed by atoms with Gasteiger partial charge in [0.15, 0.2) is 0 Å². The summed E-state index contributed by atoms with van der Waals surface area (Å²) in [5.41, 5.74) is 0. The first-order chi connectivity index (χ1) is 6.26. The fraction of sp³-hybridized carbons (Fsp3) is 0.727. The first kappa shape index (κ1) is 19.7. The molecule has 0 fully saturated rings. The molecule has 0 aromatic rings. The molecule has 0 unspecified atom stereocenters. The van der Waals surface area contributed by atoms with Gasteiger partial charge in [-0.2, -0.15) is 19.8 Å². The zero-order valence-corrected chi connectivity index (χ0v) is 9.84. The van der Waals surface area contributed by atoms with E-state index in [0.717, 1.165) is 25.9 Å². The molecule has 0 saturated carbocycles. The Labute approximate surface area is 101 Å². The number of ether oxygens (including phenoxy) is 1. The van der Waals surface area contributed by atoms with E-state index in [1.165, 1.54) is 19.6 Å². The number of unbranched alkanes of at least 4 members (excludes halogenated alkanes) is 1. The van der Waals surface area contributed by atoms with Crippen molar-refractivity contribution in [3.8, 4) is 0 Å². The average Bonchev–Trinajstić information content (AvgIpc) is 2.14. The van der Waals surface area contributed by atoms with E-state index in [4.69, 9.17) is 9.53 Å². The number of carbonyl (C=O) groups excluding carboxylic acids is 1. The van der Waals surface area contributed by atoms with Crippen molar-refractivity contribution in [3.05, 3.63) is 13.8 Å². The third-order valence-electron chi connectivity index (χ3n) is 1.50. The summed E-state index contributed by atoms with van der Waals surface area (Å²) in [6.07, 6.45) is 5.81.